The molecule has 0 fully saturated rings. The van der Waals surface area contributed by atoms with Crippen molar-refractivity contribution in [1.29, 1.82) is 0 Å². The van der Waals surface area contributed by atoms with Gasteiger partial charge in [-0.1, -0.05) is 24.3 Å². The lowest BCUT2D eigenvalue weighted by atomic mass is 10.0. The quantitative estimate of drug-likeness (QED) is 0.752. The highest BCUT2D eigenvalue weighted by molar-refractivity contribution is 5.78. The third kappa shape index (κ3) is 5.01. The van der Waals surface area contributed by atoms with Crippen LogP contribution in [-0.4, -0.2) is 11.7 Å². The maximum Gasteiger partial charge on any atom is 0.245 e. The van der Waals surface area contributed by atoms with Crippen LogP contribution in [0, 0.1) is 0 Å². The molecule has 0 N–H and O–H groups in total. The fourth-order valence-corrected chi connectivity index (χ4v) is 1.55. The minimum atomic E-state index is -2.63. The number of hydrogen-bond donors (Lipinski definition) is 0. The van der Waals surface area contributed by atoms with Crippen LogP contribution in [0.25, 0.3) is 0 Å². The second-order valence-corrected chi connectivity index (χ2v) is 4.27. The van der Waals surface area contributed by atoms with Gasteiger partial charge in [0.2, 0.25) is 5.92 Å². The second kappa shape index (κ2) is 5.19. The molecule has 1 nitrogen and oxygen atoms in total. The fraction of sp³-hybridized carbons (Fsp3) is 0.462. The van der Waals surface area contributed by atoms with Gasteiger partial charge >= 0.3 is 0 Å². The molecule has 0 aliphatic carbocycles. The van der Waals surface area contributed by atoms with E-state index in [1.807, 2.05) is 18.2 Å². The van der Waals surface area contributed by atoms with E-state index in [9.17, 15) is 13.6 Å². The number of carbonyl (C=O) groups excluding carboxylic acids is 1. The minimum Gasteiger partial charge on any atom is -0.300 e. The number of alkyl halides is 2. The van der Waals surface area contributed by atoms with Crippen LogP contribution in [0.4, 0.5) is 8.78 Å². The third-order valence-electron chi connectivity index (χ3n) is 2.30. The van der Waals surface area contributed by atoms with Crippen molar-refractivity contribution >= 4 is 5.78 Å². The highest BCUT2D eigenvalue weighted by atomic mass is 19.3. The summed E-state index contributed by atoms with van der Waals surface area (Å²) in [5, 5.41) is 0. The molecule has 0 heterocycles. The molecule has 0 spiro atoms. The summed E-state index contributed by atoms with van der Waals surface area (Å²) in [7, 11) is 0. The first-order valence-corrected chi connectivity index (χ1v) is 5.32. The number of halogens is 2. The summed E-state index contributed by atoms with van der Waals surface area (Å²) < 4.78 is 25.3. The number of carbonyl (C=O) groups is 1. The summed E-state index contributed by atoms with van der Waals surface area (Å²) in [5.41, 5.74) is 1.75. The number of rotatable bonds is 5. The molecule has 0 unspecified atom stereocenters. The Morgan fingerprint density at radius 1 is 1.31 bits per heavy atom. The number of Topliss-reactive ketones (excluding diaryl/α,β-unsaturated/α-hetero) is 1. The predicted molar refractivity (Wildman–Crippen MR) is 59.8 cm³/mol. The van der Waals surface area contributed by atoms with E-state index in [-0.39, 0.29) is 12.2 Å². The Hall–Kier alpha value is -1.25. The first-order valence-electron chi connectivity index (χ1n) is 5.32. The SMILES string of the molecule is CC(=O)Cc1cccc(CCC(C)(F)F)c1. The highest BCUT2D eigenvalue weighted by Crippen LogP contribution is 2.20. The van der Waals surface area contributed by atoms with Crippen molar-refractivity contribution in [2.75, 3.05) is 0 Å². The van der Waals surface area contributed by atoms with Gasteiger partial charge in [-0.3, -0.25) is 4.79 Å². The number of ketones is 1. The van der Waals surface area contributed by atoms with Gasteiger partial charge in [-0.05, 0) is 31.4 Å². The van der Waals surface area contributed by atoms with Gasteiger partial charge < -0.3 is 0 Å². The Bertz CT molecular complexity index is 366. The highest BCUT2D eigenvalue weighted by Gasteiger charge is 2.20. The molecule has 1 aromatic rings. The van der Waals surface area contributed by atoms with Crippen LogP contribution in [-0.2, 0) is 17.6 Å². The van der Waals surface area contributed by atoms with E-state index in [1.54, 1.807) is 6.07 Å². The van der Waals surface area contributed by atoms with E-state index in [1.165, 1.54) is 6.92 Å². The zero-order valence-electron chi connectivity index (χ0n) is 9.59. The van der Waals surface area contributed by atoms with Crippen LogP contribution in [0.3, 0.4) is 0 Å². The standard InChI is InChI=1S/C13H16F2O/c1-10(16)8-12-5-3-4-11(9-12)6-7-13(2,14)15/h3-5,9H,6-8H2,1-2H3. The molecule has 0 radical (unpaired) electrons. The first kappa shape index (κ1) is 12.8. The fourth-order valence-electron chi connectivity index (χ4n) is 1.55. The maximum absolute atomic E-state index is 12.7. The van der Waals surface area contributed by atoms with E-state index < -0.39 is 5.92 Å². The predicted octanol–water partition coefficient (Wildman–Crippen LogP) is 3.41. The lowest BCUT2D eigenvalue weighted by Gasteiger charge is -2.10. The van der Waals surface area contributed by atoms with Gasteiger partial charge in [0.05, 0.1) is 0 Å². The average Bonchev–Trinajstić information content (AvgIpc) is 2.13. The summed E-state index contributed by atoms with van der Waals surface area (Å²) in [6.45, 7) is 2.44. The molecule has 0 aliphatic rings. The normalized spacial score (nSPS) is 11.5. The van der Waals surface area contributed by atoms with Crippen molar-refractivity contribution in [2.24, 2.45) is 0 Å². The van der Waals surface area contributed by atoms with Crippen LogP contribution >= 0.6 is 0 Å². The van der Waals surface area contributed by atoms with E-state index in [0.29, 0.717) is 12.8 Å². The van der Waals surface area contributed by atoms with Gasteiger partial charge in [0.25, 0.3) is 0 Å². The van der Waals surface area contributed by atoms with Gasteiger partial charge in [0.1, 0.15) is 5.78 Å². The number of hydrogen-bond acceptors (Lipinski definition) is 1. The van der Waals surface area contributed by atoms with Crippen LogP contribution in [0.15, 0.2) is 24.3 Å². The van der Waals surface area contributed by atoms with E-state index in [0.717, 1.165) is 18.1 Å². The van der Waals surface area contributed by atoms with Gasteiger partial charge in [0, 0.05) is 12.8 Å². The summed E-state index contributed by atoms with van der Waals surface area (Å²) in [5.74, 6) is -2.55. The molecule has 0 amide bonds. The van der Waals surface area contributed by atoms with Crippen molar-refractivity contribution < 1.29 is 13.6 Å². The zero-order chi connectivity index (χ0) is 12.2. The molecule has 16 heavy (non-hydrogen) atoms. The molecule has 0 bridgehead atoms. The van der Waals surface area contributed by atoms with Crippen molar-refractivity contribution in [3.8, 4) is 0 Å². The third-order valence-corrected chi connectivity index (χ3v) is 2.30. The number of benzene rings is 1. The largest absolute Gasteiger partial charge is 0.300 e. The molecule has 0 atom stereocenters. The van der Waals surface area contributed by atoms with Gasteiger partial charge in [-0.15, -0.1) is 0 Å². The summed E-state index contributed by atoms with van der Waals surface area (Å²) in [6.07, 6.45) is 0.558. The van der Waals surface area contributed by atoms with E-state index >= 15 is 0 Å². The zero-order valence-corrected chi connectivity index (χ0v) is 9.59. The lowest BCUT2D eigenvalue weighted by Crippen LogP contribution is -2.10. The summed E-state index contributed by atoms with van der Waals surface area (Å²) in [6, 6.07) is 7.29. The molecular formula is C13H16F2O. The Balaban J connectivity index is 2.64. The van der Waals surface area contributed by atoms with Gasteiger partial charge in [-0.25, -0.2) is 8.78 Å². The molecule has 3 heteroatoms. The molecule has 0 aliphatic heterocycles. The molecule has 1 rings (SSSR count). The molecule has 0 aromatic heterocycles. The van der Waals surface area contributed by atoms with Crippen LogP contribution in [0.1, 0.15) is 31.4 Å². The molecule has 1 aromatic carbocycles. The average molecular weight is 226 g/mol. The molecule has 88 valence electrons. The minimum absolute atomic E-state index is 0.0815. The topological polar surface area (TPSA) is 17.1 Å². The van der Waals surface area contributed by atoms with Crippen LogP contribution in [0.2, 0.25) is 0 Å². The molecule has 0 saturated carbocycles. The van der Waals surface area contributed by atoms with E-state index in [2.05, 4.69) is 0 Å². The Morgan fingerprint density at radius 2 is 1.94 bits per heavy atom. The van der Waals surface area contributed by atoms with Crippen molar-refractivity contribution in [1.82, 2.24) is 0 Å². The molecule has 0 saturated heterocycles. The van der Waals surface area contributed by atoms with Gasteiger partial charge in [0.15, 0.2) is 0 Å². The molecular weight excluding hydrogens is 210 g/mol. The Labute approximate surface area is 94.5 Å². The smallest absolute Gasteiger partial charge is 0.245 e. The van der Waals surface area contributed by atoms with Crippen LogP contribution < -0.4 is 0 Å². The summed E-state index contributed by atoms with van der Waals surface area (Å²) >= 11 is 0. The van der Waals surface area contributed by atoms with Crippen molar-refractivity contribution in [2.45, 2.75) is 39.0 Å². The summed E-state index contributed by atoms with van der Waals surface area (Å²) in [4.78, 5) is 10.9. The van der Waals surface area contributed by atoms with Crippen LogP contribution in [0.5, 0.6) is 0 Å². The number of aryl methyl sites for hydroxylation is 1. The Morgan fingerprint density at radius 3 is 2.50 bits per heavy atom. The second-order valence-electron chi connectivity index (χ2n) is 4.27. The van der Waals surface area contributed by atoms with Crippen molar-refractivity contribution in [3.05, 3.63) is 35.4 Å². The first-order chi connectivity index (χ1) is 7.37. The monoisotopic (exact) mass is 226 g/mol. The van der Waals surface area contributed by atoms with E-state index in [4.69, 9.17) is 0 Å². The van der Waals surface area contributed by atoms with Crippen molar-refractivity contribution in [3.63, 3.8) is 0 Å². The lowest BCUT2D eigenvalue weighted by molar-refractivity contribution is -0.116. The Kier molecular flexibility index (Phi) is 4.16. The maximum atomic E-state index is 12.7. The van der Waals surface area contributed by atoms with Gasteiger partial charge in [-0.2, -0.15) is 0 Å².